The summed E-state index contributed by atoms with van der Waals surface area (Å²) in [7, 11) is 0. The van der Waals surface area contributed by atoms with Crippen molar-refractivity contribution in [3.8, 4) is 0 Å². The van der Waals surface area contributed by atoms with Gasteiger partial charge in [0.25, 0.3) is 0 Å². The lowest BCUT2D eigenvalue weighted by molar-refractivity contribution is 0.104. The maximum Gasteiger partial charge on any atom is 0.185 e. The highest BCUT2D eigenvalue weighted by Crippen LogP contribution is 2.19. The first-order valence-electron chi connectivity index (χ1n) is 8.25. The Balaban J connectivity index is 2.17. The molecular formula is C21H24OS. The maximum absolute atomic E-state index is 12.3. The number of carbonyl (C=O) groups excluding carboxylic acids is 1. The van der Waals surface area contributed by atoms with Gasteiger partial charge < -0.3 is 0 Å². The minimum absolute atomic E-state index is 0.0574. The molecule has 0 aliphatic heterocycles. The van der Waals surface area contributed by atoms with Gasteiger partial charge in [0, 0.05) is 10.5 Å². The molecule has 0 bridgehead atoms. The molecule has 2 aromatic rings. The molecule has 23 heavy (non-hydrogen) atoms. The van der Waals surface area contributed by atoms with E-state index in [2.05, 4.69) is 39.0 Å². The average Bonchev–Trinajstić information content (AvgIpc) is 2.60. The summed E-state index contributed by atoms with van der Waals surface area (Å²) in [4.78, 5) is 13.6. The van der Waals surface area contributed by atoms with Crippen molar-refractivity contribution < 1.29 is 4.79 Å². The molecule has 0 aliphatic rings. The van der Waals surface area contributed by atoms with E-state index >= 15 is 0 Å². The predicted molar refractivity (Wildman–Crippen MR) is 101 cm³/mol. The molecule has 2 rings (SSSR count). The SMILES string of the molecule is CCSc1ccc(C(=O)/C=C/c2cc(CC)ccc2CC)cc1. The summed E-state index contributed by atoms with van der Waals surface area (Å²) in [6, 6.07) is 14.4. The summed E-state index contributed by atoms with van der Waals surface area (Å²) in [5.41, 5.74) is 4.47. The minimum Gasteiger partial charge on any atom is -0.289 e. The summed E-state index contributed by atoms with van der Waals surface area (Å²) < 4.78 is 0. The summed E-state index contributed by atoms with van der Waals surface area (Å²) in [5.74, 6) is 1.10. The van der Waals surface area contributed by atoms with Crippen molar-refractivity contribution in [3.05, 3.63) is 70.8 Å². The van der Waals surface area contributed by atoms with Crippen LogP contribution < -0.4 is 0 Å². The van der Waals surface area contributed by atoms with Gasteiger partial charge in [0.05, 0.1) is 0 Å². The van der Waals surface area contributed by atoms with Gasteiger partial charge >= 0.3 is 0 Å². The number of thioether (sulfide) groups is 1. The van der Waals surface area contributed by atoms with Gasteiger partial charge in [-0.25, -0.2) is 0 Å². The summed E-state index contributed by atoms with van der Waals surface area (Å²) in [5, 5.41) is 0. The normalized spacial score (nSPS) is 11.1. The fourth-order valence-electron chi connectivity index (χ4n) is 2.49. The Labute approximate surface area is 143 Å². The zero-order valence-electron chi connectivity index (χ0n) is 14.1. The van der Waals surface area contributed by atoms with E-state index in [4.69, 9.17) is 0 Å². The largest absolute Gasteiger partial charge is 0.289 e. The molecular weight excluding hydrogens is 300 g/mol. The Hall–Kier alpha value is -1.80. The van der Waals surface area contributed by atoms with Crippen LogP contribution in [0.5, 0.6) is 0 Å². The molecule has 0 spiro atoms. The van der Waals surface area contributed by atoms with Crippen LogP contribution in [0.15, 0.2) is 53.4 Å². The van der Waals surface area contributed by atoms with Crippen molar-refractivity contribution in [2.45, 2.75) is 38.5 Å². The second-order valence-electron chi connectivity index (χ2n) is 5.40. The van der Waals surface area contributed by atoms with Crippen LogP contribution in [-0.4, -0.2) is 11.5 Å². The summed E-state index contributed by atoms with van der Waals surface area (Å²) in [6.07, 6.45) is 5.63. The fraction of sp³-hybridized carbons (Fsp3) is 0.286. The Morgan fingerprint density at radius 3 is 2.35 bits per heavy atom. The van der Waals surface area contributed by atoms with Crippen molar-refractivity contribution in [1.29, 1.82) is 0 Å². The number of benzene rings is 2. The molecule has 2 aromatic carbocycles. The van der Waals surface area contributed by atoms with Gasteiger partial charge in [-0.05, 0) is 65.6 Å². The molecule has 0 aromatic heterocycles. The lowest BCUT2D eigenvalue weighted by Gasteiger charge is -2.06. The second kappa shape index (κ2) is 8.73. The highest BCUT2D eigenvalue weighted by atomic mass is 32.2. The molecule has 1 nitrogen and oxygen atoms in total. The molecule has 0 heterocycles. The van der Waals surface area contributed by atoms with E-state index in [1.54, 1.807) is 17.8 Å². The smallest absolute Gasteiger partial charge is 0.185 e. The number of hydrogen-bond donors (Lipinski definition) is 0. The Morgan fingerprint density at radius 1 is 1.00 bits per heavy atom. The van der Waals surface area contributed by atoms with E-state index in [-0.39, 0.29) is 5.78 Å². The number of ketones is 1. The third-order valence-corrected chi connectivity index (χ3v) is 4.76. The van der Waals surface area contributed by atoms with Gasteiger partial charge in [0.15, 0.2) is 5.78 Å². The first kappa shape index (κ1) is 17.6. The summed E-state index contributed by atoms with van der Waals surface area (Å²) >= 11 is 1.79. The Kier molecular flexibility index (Phi) is 6.66. The van der Waals surface area contributed by atoms with Gasteiger partial charge in [-0.15, -0.1) is 11.8 Å². The molecule has 0 aliphatic carbocycles. The number of carbonyl (C=O) groups is 1. The van der Waals surface area contributed by atoms with Crippen LogP contribution >= 0.6 is 11.8 Å². The third-order valence-electron chi connectivity index (χ3n) is 3.86. The minimum atomic E-state index is 0.0574. The van der Waals surface area contributed by atoms with Gasteiger partial charge in [0.1, 0.15) is 0 Å². The van der Waals surface area contributed by atoms with E-state index in [0.29, 0.717) is 0 Å². The molecule has 0 unspecified atom stereocenters. The molecule has 0 atom stereocenters. The van der Waals surface area contributed by atoms with E-state index in [0.717, 1.165) is 29.7 Å². The van der Waals surface area contributed by atoms with Crippen LogP contribution in [0, 0.1) is 0 Å². The van der Waals surface area contributed by atoms with Crippen LogP contribution in [0.4, 0.5) is 0 Å². The topological polar surface area (TPSA) is 17.1 Å². The maximum atomic E-state index is 12.3. The van der Waals surface area contributed by atoms with Crippen molar-refractivity contribution in [2.24, 2.45) is 0 Å². The number of rotatable bonds is 7. The van der Waals surface area contributed by atoms with Crippen molar-refractivity contribution >= 4 is 23.6 Å². The molecule has 0 saturated carbocycles. The van der Waals surface area contributed by atoms with Crippen LogP contribution in [0.25, 0.3) is 6.08 Å². The highest BCUT2D eigenvalue weighted by Gasteiger charge is 2.04. The Bertz CT molecular complexity index is 683. The molecule has 0 fully saturated rings. The lowest BCUT2D eigenvalue weighted by Crippen LogP contribution is -1.95. The van der Waals surface area contributed by atoms with E-state index in [1.165, 1.54) is 16.0 Å². The first-order valence-corrected chi connectivity index (χ1v) is 9.23. The van der Waals surface area contributed by atoms with Crippen molar-refractivity contribution in [3.63, 3.8) is 0 Å². The molecule has 0 radical (unpaired) electrons. The van der Waals surface area contributed by atoms with Gasteiger partial charge in [-0.1, -0.05) is 45.0 Å². The molecule has 120 valence electrons. The third kappa shape index (κ3) is 4.84. The number of hydrogen-bond acceptors (Lipinski definition) is 2. The monoisotopic (exact) mass is 324 g/mol. The van der Waals surface area contributed by atoms with Gasteiger partial charge in [-0.3, -0.25) is 4.79 Å². The zero-order valence-corrected chi connectivity index (χ0v) is 15.0. The summed E-state index contributed by atoms with van der Waals surface area (Å²) in [6.45, 7) is 6.42. The van der Waals surface area contributed by atoms with Crippen molar-refractivity contribution in [1.82, 2.24) is 0 Å². The second-order valence-corrected chi connectivity index (χ2v) is 6.73. The van der Waals surface area contributed by atoms with Gasteiger partial charge in [0.2, 0.25) is 0 Å². The van der Waals surface area contributed by atoms with Crippen LogP contribution in [0.2, 0.25) is 0 Å². The first-order chi connectivity index (χ1) is 11.2. The fourth-order valence-corrected chi connectivity index (χ4v) is 3.15. The lowest BCUT2D eigenvalue weighted by atomic mass is 9.99. The van der Waals surface area contributed by atoms with E-state index in [9.17, 15) is 4.79 Å². The standard InChI is InChI=1S/C21H24OS/c1-4-16-7-8-17(5-2)19(15-16)11-14-21(22)18-9-12-20(13-10-18)23-6-3/h7-15H,4-6H2,1-3H3/b14-11+. The number of aryl methyl sites for hydroxylation is 2. The quantitative estimate of drug-likeness (QED) is 0.363. The van der Waals surface area contributed by atoms with Crippen LogP contribution in [-0.2, 0) is 12.8 Å². The number of allylic oxidation sites excluding steroid dienone is 1. The van der Waals surface area contributed by atoms with Gasteiger partial charge in [-0.2, -0.15) is 0 Å². The van der Waals surface area contributed by atoms with E-state index < -0.39 is 0 Å². The molecule has 0 amide bonds. The molecule has 0 saturated heterocycles. The van der Waals surface area contributed by atoms with Crippen molar-refractivity contribution in [2.75, 3.05) is 5.75 Å². The van der Waals surface area contributed by atoms with Crippen LogP contribution in [0.3, 0.4) is 0 Å². The Morgan fingerprint density at radius 2 is 1.74 bits per heavy atom. The average molecular weight is 324 g/mol. The van der Waals surface area contributed by atoms with E-state index in [1.807, 2.05) is 30.3 Å². The highest BCUT2D eigenvalue weighted by molar-refractivity contribution is 7.99. The molecule has 2 heteroatoms. The zero-order chi connectivity index (χ0) is 16.7. The predicted octanol–water partition coefficient (Wildman–Crippen LogP) is 5.82. The van der Waals surface area contributed by atoms with Crippen LogP contribution in [0.1, 0.15) is 47.8 Å². The molecule has 0 N–H and O–H groups in total.